The maximum atomic E-state index is 12.5. The number of carbonyl (C=O) groups excluding carboxylic acids is 1. The summed E-state index contributed by atoms with van der Waals surface area (Å²) in [6.07, 6.45) is 3.35. The van der Waals surface area contributed by atoms with Gasteiger partial charge in [0.2, 0.25) is 0 Å². The van der Waals surface area contributed by atoms with E-state index in [0.29, 0.717) is 17.9 Å². The number of nitrogens with zero attached hydrogens (tertiary/aromatic N) is 1. The van der Waals surface area contributed by atoms with E-state index < -0.39 is 0 Å². The van der Waals surface area contributed by atoms with Crippen LogP contribution in [-0.2, 0) is 0 Å². The molecule has 0 atom stereocenters. The van der Waals surface area contributed by atoms with Crippen LogP contribution in [-0.4, -0.2) is 19.0 Å². The van der Waals surface area contributed by atoms with Crippen LogP contribution < -0.4 is 9.47 Å². The van der Waals surface area contributed by atoms with Crippen LogP contribution in [0.4, 0.5) is 0 Å². The lowest BCUT2D eigenvalue weighted by molar-refractivity contribution is 0.104. The zero-order chi connectivity index (χ0) is 19.1. The summed E-state index contributed by atoms with van der Waals surface area (Å²) in [5.41, 5.74) is 1.44. The molecule has 3 aromatic carbocycles. The number of hydrogen-bond donors (Lipinski definition) is 0. The summed E-state index contributed by atoms with van der Waals surface area (Å²) in [7, 11) is 0. The third-order valence-corrected chi connectivity index (χ3v) is 4.07. The van der Waals surface area contributed by atoms with Crippen LogP contribution in [0.3, 0.4) is 0 Å². The van der Waals surface area contributed by atoms with Crippen molar-refractivity contribution in [3.05, 3.63) is 77.9 Å². The van der Waals surface area contributed by atoms with Gasteiger partial charge in [0, 0.05) is 11.1 Å². The molecule has 134 valence electrons. The molecule has 27 heavy (non-hydrogen) atoms. The molecule has 0 bridgehead atoms. The molecule has 0 saturated carbocycles. The molecule has 0 amide bonds. The van der Waals surface area contributed by atoms with Gasteiger partial charge in [0.1, 0.15) is 17.6 Å². The highest BCUT2D eigenvalue weighted by Crippen LogP contribution is 2.29. The topological polar surface area (TPSA) is 59.3 Å². The highest BCUT2D eigenvalue weighted by molar-refractivity contribution is 6.08. The maximum absolute atomic E-state index is 12.5. The summed E-state index contributed by atoms with van der Waals surface area (Å²) in [5, 5.41) is 10.7. The summed E-state index contributed by atoms with van der Waals surface area (Å²) < 4.78 is 10.9. The van der Waals surface area contributed by atoms with Crippen LogP contribution in [0.1, 0.15) is 22.8 Å². The largest absolute Gasteiger partial charge is 0.493 e. The zero-order valence-electron chi connectivity index (χ0n) is 15.0. The minimum atomic E-state index is -0.114. The quantitative estimate of drug-likeness (QED) is 0.439. The van der Waals surface area contributed by atoms with Gasteiger partial charge < -0.3 is 9.47 Å². The van der Waals surface area contributed by atoms with Gasteiger partial charge in [-0.3, -0.25) is 4.79 Å². The van der Waals surface area contributed by atoms with Crippen LogP contribution in [0.15, 0.2) is 66.7 Å². The Kier molecular flexibility index (Phi) is 5.86. The van der Waals surface area contributed by atoms with Crippen molar-refractivity contribution in [2.45, 2.75) is 6.92 Å². The molecule has 0 aliphatic carbocycles. The Morgan fingerprint density at radius 1 is 1.04 bits per heavy atom. The van der Waals surface area contributed by atoms with E-state index in [2.05, 4.69) is 0 Å². The third-order valence-electron chi connectivity index (χ3n) is 4.07. The summed E-state index contributed by atoms with van der Waals surface area (Å²) in [5.74, 6) is 1.20. The number of nitriles is 1. The highest BCUT2D eigenvalue weighted by atomic mass is 16.5. The smallest absolute Gasteiger partial charge is 0.185 e. The SMILES string of the molecule is CCOc1ccc2ccccc2c1/C=C/C(=O)c1ccc(OCC#N)cc1. The van der Waals surface area contributed by atoms with Gasteiger partial charge in [-0.05, 0) is 60.2 Å². The fourth-order valence-electron chi connectivity index (χ4n) is 2.82. The number of fused-ring (bicyclic) bond motifs is 1. The van der Waals surface area contributed by atoms with Crippen molar-refractivity contribution in [2.24, 2.45) is 0 Å². The average Bonchev–Trinajstić information content (AvgIpc) is 2.71. The average molecular weight is 357 g/mol. The molecule has 0 heterocycles. The number of ether oxygens (including phenoxy) is 2. The molecule has 0 radical (unpaired) electrons. The van der Waals surface area contributed by atoms with E-state index in [1.54, 1.807) is 36.4 Å². The molecule has 0 aromatic heterocycles. The summed E-state index contributed by atoms with van der Waals surface area (Å²) >= 11 is 0. The van der Waals surface area contributed by atoms with E-state index in [9.17, 15) is 4.79 Å². The normalized spacial score (nSPS) is 10.7. The van der Waals surface area contributed by atoms with Crippen molar-refractivity contribution in [1.82, 2.24) is 0 Å². The zero-order valence-corrected chi connectivity index (χ0v) is 15.0. The van der Waals surface area contributed by atoms with Crippen LogP contribution >= 0.6 is 0 Å². The lowest BCUT2D eigenvalue weighted by Gasteiger charge is -2.10. The molecule has 0 unspecified atom stereocenters. The van der Waals surface area contributed by atoms with Crippen LogP contribution in [0.2, 0.25) is 0 Å². The third kappa shape index (κ3) is 4.34. The predicted octanol–water partition coefficient (Wildman–Crippen LogP) is 5.04. The first-order valence-corrected chi connectivity index (χ1v) is 8.69. The van der Waals surface area contributed by atoms with Crippen LogP contribution in [0, 0.1) is 11.3 Å². The fourth-order valence-corrected chi connectivity index (χ4v) is 2.82. The van der Waals surface area contributed by atoms with E-state index in [-0.39, 0.29) is 12.4 Å². The number of hydrogen-bond acceptors (Lipinski definition) is 4. The molecule has 0 saturated heterocycles. The number of ketones is 1. The molecular weight excluding hydrogens is 338 g/mol. The second kappa shape index (κ2) is 8.68. The molecule has 4 nitrogen and oxygen atoms in total. The first kappa shape index (κ1) is 18.2. The summed E-state index contributed by atoms with van der Waals surface area (Å²) in [6, 6.07) is 20.6. The first-order chi connectivity index (χ1) is 13.2. The standard InChI is InChI=1S/C23H19NO3/c1-2-26-23-14-9-17-5-3-4-6-20(17)21(23)12-13-22(25)18-7-10-19(11-8-18)27-16-15-24/h3-14H,2,16H2,1H3/b13-12+. The van der Waals surface area contributed by atoms with Crippen molar-refractivity contribution in [3.63, 3.8) is 0 Å². The Balaban J connectivity index is 1.87. The lowest BCUT2D eigenvalue weighted by atomic mass is 10.0. The van der Waals surface area contributed by atoms with Crippen molar-refractivity contribution in [1.29, 1.82) is 5.26 Å². The number of benzene rings is 3. The van der Waals surface area contributed by atoms with Gasteiger partial charge in [0.05, 0.1) is 6.61 Å². The Labute approximate surface area is 158 Å². The molecule has 0 spiro atoms. The van der Waals surface area contributed by atoms with Crippen molar-refractivity contribution in [3.8, 4) is 17.6 Å². The molecular formula is C23H19NO3. The number of carbonyl (C=O) groups is 1. The predicted molar refractivity (Wildman–Crippen MR) is 106 cm³/mol. The number of allylic oxidation sites excluding steroid dienone is 1. The minimum absolute atomic E-state index is 0.0194. The van der Waals surface area contributed by atoms with Gasteiger partial charge in [-0.15, -0.1) is 0 Å². The molecule has 0 N–H and O–H groups in total. The van der Waals surface area contributed by atoms with Crippen LogP contribution in [0.5, 0.6) is 11.5 Å². The molecule has 0 aliphatic heterocycles. The van der Waals surface area contributed by atoms with E-state index in [4.69, 9.17) is 14.7 Å². The highest BCUT2D eigenvalue weighted by Gasteiger charge is 2.08. The summed E-state index contributed by atoms with van der Waals surface area (Å²) in [4.78, 5) is 12.5. The lowest BCUT2D eigenvalue weighted by Crippen LogP contribution is -1.97. The maximum Gasteiger partial charge on any atom is 0.185 e. The Hall–Kier alpha value is -3.58. The van der Waals surface area contributed by atoms with Crippen molar-refractivity contribution >= 4 is 22.6 Å². The van der Waals surface area contributed by atoms with Gasteiger partial charge in [-0.25, -0.2) is 0 Å². The Morgan fingerprint density at radius 3 is 2.56 bits per heavy atom. The van der Waals surface area contributed by atoms with E-state index in [1.165, 1.54) is 0 Å². The summed E-state index contributed by atoms with van der Waals surface area (Å²) in [6.45, 7) is 2.47. The molecule has 3 aromatic rings. The van der Waals surface area contributed by atoms with Gasteiger partial charge in [0.25, 0.3) is 0 Å². The van der Waals surface area contributed by atoms with E-state index in [0.717, 1.165) is 22.1 Å². The molecule has 0 fully saturated rings. The van der Waals surface area contributed by atoms with Crippen molar-refractivity contribution in [2.75, 3.05) is 13.2 Å². The Bertz CT molecular complexity index is 1010. The minimum Gasteiger partial charge on any atom is -0.493 e. The van der Waals surface area contributed by atoms with Gasteiger partial charge in [-0.2, -0.15) is 5.26 Å². The molecule has 3 rings (SSSR count). The van der Waals surface area contributed by atoms with E-state index >= 15 is 0 Å². The van der Waals surface area contributed by atoms with Crippen LogP contribution in [0.25, 0.3) is 16.8 Å². The van der Waals surface area contributed by atoms with Gasteiger partial charge in [0.15, 0.2) is 12.4 Å². The molecule has 0 aliphatic rings. The number of rotatable bonds is 7. The van der Waals surface area contributed by atoms with Gasteiger partial charge >= 0.3 is 0 Å². The van der Waals surface area contributed by atoms with Gasteiger partial charge in [-0.1, -0.05) is 30.3 Å². The monoisotopic (exact) mass is 357 g/mol. The Morgan fingerprint density at radius 2 is 1.81 bits per heavy atom. The first-order valence-electron chi connectivity index (χ1n) is 8.69. The fraction of sp³-hybridized carbons (Fsp3) is 0.130. The molecule has 4 heteroatoms. The van der Waals surface area contributed by atoms with Crippen molar-refractivity contribution < 1.29 is 14.3 Å². The second-order valence-corrected chi connectivity index (χ2v) is 5.80. The second-order valence-electron chi connectivity index (χ2n) is 5.80. The van der Waals surface area contributed by atoms with E-state index in [1.807, 2.05) is 49.4 Å².